The second-order valence-corrected chi connectivity index (χ2v) is 5.96. The number of nitrogens with one attached hydrogen (secondary N) is 1. The van der Waals surface area contributed by atoms with Crippen molar-refractivity contribution < 1.29 is 19.1 Å². The van der Waals surface area contributed by atoms with Crippen molar-refractivity contribution >= 4 is 11.8 Å². The van der Waals surface area contributed by atoms with Gasteiger partial charge in [0.1, 0.15) is 6.04 Å². The van der Waals surface area contributed by atoms with Crippen LogP contribution in [0.4, 0.5) is 0 Å². The SMILES string of the molecule is O=C1CC[C@H](C(=O)N2CCC[C@H]2c2ccc3c(c2)OCO3)N1. The summed E-state index contributed by atoms with van der Waals surface area (Å²) < 4.78 is 10.8. The first-order valence-electron chi connectivity index (χ1n) is 7.72. The predicted molar refractivity (Wildman–Crippen MR) is 77.4 cm³/mol. The zero-order valence-electron chi connectivity index (χ0n) is 12.2. The molecule has 0 spiro atoms. The fourth-order valence-corrected chi connectivity index (χ4v) is 3.50. The molecule has 3 heterocycles. The highest BCUT2D eigenvalue weighted by atomic mass is 16.7. The smallest absolute Gasteiger partial charge is 0.245 e. The van der Waals surface area contributed by atoms with Gasteiger partial charge in [-0.05, 0) is 37.0 Å². The minimum absolute atomic E-state index is 0.0304. The minimum Gasteiger partial charge on any atom is -0.454 e. The summed E-state index contributed by atoms with van der Waals surface area (Å²) in [6, 6.07) is 5.56. The number of likely N-dealkylation sites (tertiary alicyclic amines) is 1. The fraction of sp³-hybridized carbons (Fsp3) is 0.500. The monoisotopic (exact) mass is 302 g/mol. The summed E-state index contributed by atoms with van der Waals surface area (Å²) in [5, 5.41) is 2.77. The van der Waals surface area contributed by atoms with Gasteiger partial charge in [-0.15, -0.1) is 0 Å². The van der Waals surface area contributed by atoms with E-state index in [0.29, 0.717) is 12.8 Å². The van der Waals surface area contributed by atoms with Crippen molar-refractivity contribution in [3.05, 3.63) is 23.8 Å². The molecule has 2 atom stereocenters. The zero-order chi connectivity index (χ0) is 15.1. The van der Waals surface area contributed by atoms with Crippen LogP contribution in [-0.4, -0.2) is 36.1 Å². The normalized spacial score (nSPS) is 26.4. The lowest BCUT2D eigenvalue weighted by atomic mass is 10.0. The molecular formula is C16H18N2O4. The molecule has 3 aliphatic heterocycles. The number of nitrogens with zero attached hydrogens (tertiary/aromatic N) is 1. The number of fused-ring (bicyclic) bond motifs is 1. The molecule has 116 valence electrons. The number of ether oxygens (including phenoxy) is 2. The molecule has 6 heteroatoms. The molecule has 4 rings (SSSR count). The molecule has 2 amide bonds. The molecule has 1 aromatic rings. The molecule has 6 nitrogen and oxygen atoms in total. The molecule has 0 aromatic heterocycles. The van der Waals surface area contributed by atoms with Gasteiger partial charge >= 0.3 is 0 Å². The molecule has 2 saturated heterocycles. The van der Waals surface area contributed by atoms with E-state index in [4.69, 9.17) is 9.47 Å². The summed E-state index contributed by atoms with van der Waals surface area (Å²) in [6.07, 6.45) is 2.96. The summed E-state index contributed by atoms with van der Waals surface area (Å²) in [7, 11) is 0. The minimum atomic E-state index is -0.359. The van der Waals surface area contributed by atoms with E-state index >= 15 is 0 Å². The van der Waals surface area contributed by atoms with Crippen LogP contribution in [-0.2, 0) is 9.59 Å². The molecule has 1 aromatic carbocycles. The Bertz CT molecular complexity index is 631. The Labute approximate surface area is 128 Å². The van der Waals surface area contributed by atoms with Gasteiger partial charge in [-0.1, -0.05) is 6.07 Å². The summed E-state index contributed by atoms with van der Waals surface area (Å²) in [5.74, 6) is 1.50. The van der Waals surface area contributed by atoms with Gasteiger partial charge in [-0.2, -0.15) is 0 Å². The number of hydrogen-bond acceptors (Lipinski definition) is 4. The van der Waals surface area contributed by atoms with E-state index in [1.165, 1.54) is 0 Å². The van der Waals surface area contributed by atoms with Gasteiger partial charge in [-0.25, -0.2) is 0 Å². The van der Waals surface area contributed by atoms with Gasteiger partial charge in [0.05, 0.1) is 6.04 Å². The van der Waals surface area contributed by atoms with E-state index in [1.54, 1.807) is 0 Å². The molecule has 2 fully saturated rings. The number of carbonyl (C=O) groups excluding carboxylic acids is 2. The van der Waals surface area contributed by atoms with Gasteiger partial charge in [0.15, 0.2) is 11.5 Å². The van der Waals surface area contributed by atoms with Gasteiger partial charge < -0.3 is 19.7 Å². The van der Waals surface area contributed by atoms with Crippen molar-refractivity contribution in [2.45, 2.75) is 37.8 Å². The van der Waals surface area contributed by atoms with Crippen LogP contribution in [0.5, 0.6) is 11.5 Å². The Kier molecular flexibility index (Phi) is 3.17. The Morgan fingerprint density at radius 1 is 1.23 bits per heavy atom. The van der Waals surface area contributed by atoms with Crippen LogP contribution >= 0.6 is 0 Å². The highest BCUT2D eigenvalue weighted by Gasteiger charge is 2.37. The number of rotatable bonds is 2. The molecule has 0 saturated carbocycles. The van der Waals surface area contributed by atoms with Gasteiger partial charge in [0, 0.05) is 13.0 Å². The Morgan fingerprint density at radius 3 is 2.91 bits per heavy atom. The fourth-order valence-electron chi connectivity index (χ4n) is 3.50. The third-order valence-electron chi connectivity index (χ3n) is 4.61. The first-order chi connectivity index (χ1) is 10.7. The van der Waals surface area contributed by atoms with E-state index in [1.807, 2.05) is 23.1 Å². The van der Waals surface area contributed by atoms with Crippen LogP contribution in [0.25, 0.3) is 0 Å². The van der Waals surface area contributed by atoms with Crippen LogP contribution in [0, 0.1) is 0 Å². The third-order valence-corrected chi connectivity index (χ3v) is 4.61. The molecule has 0 unspecified atom stereocenters. The highest BCUT2D eigenvalue weighted by molar-refractivity contribution is 5.91. The molecule has 0 aliphatic carbocycles. The summed E-state index contributed by atoms with van der Waals surface area (Å²) >= 11 is 0. The van der Waals surface area contributed by atoms with Crippen molar-refractivity contribution in [3.63, 3.8) is 0 Å². The van der Waals surface area contributed by atoms with Gasteiger partial charge in [0.25, 0.3) is 0 Å². The van der Waals surface area contributed by atoms with Crippen molar-refractivity contribution in [1.82, 2.24) is 10.2 Å². The van der Waals surface area contributed by atoms with Crippen molar-refractivity contribution in [3.8, 4) is 11.5 Å². The maximum atomic E-state index is 12.7. The van der Waals surface area contributed by atoms with E-state index < -0.39 is 0 Å². The van der Waals surface area contributed by atoms with Crippen LogP contribution < -0.4 is 14.8 Å². The van der Waals surface area contributed by atoms with Crippen molar-refractivity contribution in [1.29, 1.82) is 0 Å². The summed E-state index contributed by atoms with van der Waals surface area (Å²) in [5.41, 5.74) is 1.07. The second-order valence-electron chi connectivity index (χ2n) is 5.96. The molecule has 0 bridgehead atoms. The van der Waals surface area contributed by atoms with Crippen LogP contribution in [0.1, 0.15) is 37.3 Å². The Morgan fingerprint density at radius 2 is 2.09 bits per heavy atom. The number of carbonyl (C=O) groups is 2. The standard InChI is InChI=1S/C16H18N2O4/c19-15-6-4-11(17-15)16(20)18-7-1-2-12(18)10-3-5-13-14(8-10)22-9-21-13/h3,5,8,11-12H,1-2,4,6-7,9H2,(H,17,19)/t11-,12+/m1/s1. The van der Waals surface area contributed by atoms with Crippen molar-refractivity contribution in [2.75, 3.05) is 13.3 Å². The molecule has 1 N–H and O–H groups in total. The predicted octanol–water partition coefficient (Wildman–Crippen LogP) is 1.36. The number of amides is 2. The molecular weight excluding hydrogens is 284 g/mol. The second kappa shape index (κ2) is 5.19. The van der Waals surface area contributed by atoms with Crippen LogP contribution in [0.2, 0.25) is 0 Å². The van der Waals surface area contributed by atoms with Crippen LogP contribution in [0.15, 0.2) is 18.2 Å². The van der Waals surface area contributed by atoms with E-state index in [9.17, 15) is 9.59 Å². The first-order valence-corrected chi connectivity index (χ1v) is 7.72. The lowest BCUT2D eigenvalue weighted by Gasteiger charge is -2.27. The first kappa shape index (κ1) is 13.4. The quantitative estimate of drug-likeness (QED) is 0.895. The molecule has 0 radical (unpaired) electrons. The van der Waals surface area contributed by atoms with E-state index in [2.05, 4.69) is 5.32 Å². The lowest BCUT2D eigenvalue weighted by Crippen LogP contribution is -2.44. The van der Waals surface area contributed by atoms with Crippen LogP contribution in [0.3, 0.4) is 0 Å². The van der Waals surface area contributed by atoms with Crippen molar-refractivity contribution in [2.24, 2.45) is 0 Å². The summed E-state index contributed by atoms with van der Waals surface area (Å²) in [6.45, 7) is 0.991. The van der Waals surface area contributed by atoms with Gasteiger partial charge in [-0.3, -0.25) is 9.59 Å². The molecule has 22 heavy (non-hydrogen) atoms. The average Bonchev–Trinajstić information content (AvgIpc) is 3.25. The van der Waals surface area contributed by atoms with E-state index in [-0.39, 0.29) is 30.7 Å². The topological polar surface area (TPSA) is 67.9 Å². The summed E-state index contributed by atoms with van der Waals surface area (Å²) in [4.78, 5) is 25.9. The largest absolute Gasteiger partial charge is 0.454 e. The Balaban J connectivity index is 1.56. The zero-order valence-corrected chi connectivity index (χ0v) is 12.2. The maximum absolute atomic E-state index is 12.7. The average molecular weight is 302 g/mol. The van der Waals surface area contributed by atoms with Gasteiger partial charge in [0.2, 0.25) is 18.6 Å². The number of benzene rings is 1. The highest BCUT2D eigenvalue weighted by Crippen LogP contribution is 2.39. The third kappa shape index (κ3) is 2.19. The molecule has 3 aliphatic rings. The van der Waals surface area contributed by atoms with E-state index in [0.717, 1.165) is 36.4 Å². The maximum Gasteiger partial charge on any atom is 0.245 e. The lowest BCUT2D eigenvalue weighted by molar-refractivity contribution is -0.135. The number of hydrogen-bond donors (Lipinski definition) is 1. The Hall–Kier alpha value is -2.24.